The number of alkyl halides is 3. The number of rotatable bonds is 4. The number of ether oxygens (including phenoxy) is 1. The predicted octanol–water partition coefficient (Wildman–Crippen LogP) is 3.62. The molecule has 1 N–H and O–H groups in total. The molecule has 1 heterocycles. The molecule has 108 valence electrons. The van der Waals surface area contributed by atoms with E-state index in [1.807, 2.05) is 0 Å². The highest BCUT2D eigenvalue weighted by Gasteiger charge is 2.28. The Labute approximate surface area is 114 Å². The number of hydrogen-bond acceptors (Lipinski definition) is 3. The highest BCUT2D eigenvalue weighted by molar-refractivity contribution is 5.79. The van der Waals surface area contributed by atoms with Gasteiger partial charge in [-0.1, -0.05) is 6.07 Å². The topological polar surface area (TPSA) is 42.4 Å². The molecule has 2 rings (SSSR count). The van der Waals surface area contributed by atoms with Crippen LogP contribution >= 0.6 is 0 Å². The van der Waals surface area contributed by atoms with Crippen molar-refractivity contribution in [3.05, 3.63) is 35.9 Å². The van der Waals surface area contributed by atoms with Crippen LogP contribution in [-0.2, 0) is 0 Å². The third-order valence-electron chi connectivity index (χ3n) is 2.98. The van der Waals surface area contributed by atoms with Gasteiger partial charge in [0, 0.05) is 17.9 Å². The van der Waals surface area contributed by atoms with E-state index >= 15 is 0 Å². The highest BCUT2D eigenvalue weighted by Crippen LogP contribution is 2.29. The monoisotopic (exact) mass is 285 g/mol. The van der Waals surface area contributed by atoms with Crippen molar-refractivity contribution in [1.29, 1.82) is 0 Å². The number of hydrogen-bond donors (Lipinski definition) is 1. The van der Waals surface area contributed by atoms with Gasteiger partial charge in [-0.25, -0.2) is 4.98 Å². The van der Waals surface area contributed by atoms with Gasteiger partial charge in [-0.05, 0) is 30.2 Å². The summed E-state index contributed by atoms with van der Waals surface area (Å²) in [6.07, 6.45) is -6.75. The number of pyridine rings is 1. The van der Waals surface area contributed by atoms with Gasteiger partial charge in [0.1, 0.15) is 0 Å². The summed E-state index contributed by atoms with van der Waals surface area (Å²) in [4.78, 5) is 4.20. The average molecular weight is 285 g/mol. The molecule has 0 aliphatic heterocycles. The molecule has 0 aliphatic carbocycles. The van der Waals surface area contributed by atoms with E-state index in [1.54, 1.807) is 30.3 Å². The second-order valence-electron chi connectivity index (χ2n) is 4.48. The molecule has 3 nitrogen and oxygen atoms in total. The Morgan fingerprint density at radius 2 is 2.00 bits per heavy atom. The van der Waals surface area contributed by atoms with Crippen LogP contribution in [0, 0.1) is 0 Å². The molecule has 0 fully saturated rings. The first kappa shape index (κ1) is 14.6. The number of fused-ring (bicyclic) bond motifs is 1. The Hall–Kier alpha value is -1.82. The lowest BCUT2D eigenvalue weighted by molar-refractivity contribution is -0.140. The van der Waals surface area contributed by atoms with Crippen LogP contribution in [0.5, 0.6) is 5.88 Å². The summed E-state index contributed by atoms with van der Waals surface area (Å²) >= 11 is 0. The van der Waals surface area contributed by atoms with Crippen molar-refractivity contribution in [2.45, 2.75) is 25.1 Å². The van der Waals surface area contributed by atoms with E-state index in [9.17, 15) is 18.3 Å². The van der Waals surface area contributed by atoms with E-state index < -0.39 is 18.7 Å². The lowest BCUT2D eigenvalue weighted by Crippen LogP contribution is -2.10. The number of aliphatic hydroxyl groups excluding tert-OH is 1. The average Bonchev–Trinajstić information content (AvgIpc) is 2.42. The maximum absolute atomic E-state index is 12.1. The van der Waals surface area contributed by atoms with Crippen molar-refractivity contribution in [2.75, 3.05) is 7.11 Å². The lowest BCUT2D eigenvalue weighted by Gasteiger charge is -2.13. The van der Waals surface area contributed by atoms with Crippen LogP contribution in [0.15, 0.2) is 30.3 Å². The molecule has 2 aromatic rings. The summed E-state index contributed by atoms with van der Waals surface area (Å²) in [5.41, 5.74) is 1.12. The number of methoxy groups -OCH3 is 1. The summed E-state index contributed by atoms with van der Waals surface area (Å²) < 4.78 is 41.4. The molecule has 0 amide bonds. The number of aromatic nitrogens is 1. The number of benzene rings is 1. The van der Waals surface area contributed by atoms with Crippen LogP contribution in [-0.4, -0.2) is 23.4 Å². The first-order valence-corrected chi connectivity index (χ1v) is 6.08. The molecule has 0 bridgehead atoms. The van der Waals surface area contributed by atoms with E-state index in [1.165, 1.54) is 7.11 Å². The largest absolute Gasteiger partial charge is 0.481 e. The van der Waals surface area contributed by atoms with Gasteiger partial charge in [0.15, 0.2) is 0 Å². The van der Waals surface area contributed by atoms with Gasteiger partial charge >= 0.3 is 6.18 Å². The smallest absolute Gasteiger partial charge is 0.389 e. The molecule has 0 aliphatic rings. The first-order chi connectivity index (χ1) is 9.39. The van der Waals surface area contributed by atoms with E-state index in [2.05, 4.69) is 4.98 Å². The molecular weight excluding hydrogens is 271 g/mol. The Kier molecular flexibility index (Phi) is 4.13. The van der Waals surface area contributed by atoms with Gasteiger partial charge in [-0.3, -0.25) is 0 Å². The van der Waals surface area contributed by atoms with Crippen LogP contribution < -0.4 is 4.74 Å². The van der Waals surface area contributed by atoms with Crippen LogP contribution in [0.2, 0.25) is 0 Å². The van der Waals surface area contributed by atoms with E-state index in [-0.39, 0.29) is 6.42 Å². The van der Waals surface area contributed by atoms with Gasteiger partial charge in [0.25, 0.3) is 0 Å². The van der Waals surface area contributed by atoms with Gasteiger partial charge in [0.2, 0.25) is 5.88 Å². The molecule has 1 aromatic heterocycles. The summed E-state index contributed by atoms with van der Waals surface area (Å²) in [6.45, 7) is 0. The Bertz CT molecular complexity index is 598. The zero-order chi connectivity index (χ0) is 14.8. The maximum Gasteiger partial charge on any atom is 0.389 e. The van der Waals surface area contributed by atoms with Crippen LogP contribution in [0.3, 0.4) is 0 Å². The summed E-state index contributed by atoms with van der Waals surface area (Å²) in [6, 6.07) is 8.29. The van der Waals surface area contributed by atoms with E-state index in [4.69, 9.17) is 4.74 Å². The van der Waals surface area contributed by atoms with Crippen LogP contribution in [0.1, 0.15) is 24.5 Å². The van der Waals surface area contributed by atoms with Crippen molar-refractivity contribution in [3.63, 3.8) is 0 Å². The fraction of sp³-hybridized carbons (Fsp3) is 0.357. The molecule has 0 saturated carbocycles. The van der Waals surface area contributed by atoms with Crippen molar-refractivity contribution >= 4 is 10.9 Å². The van der Waals surface area contributed by atoms with Crippen molar-refractivity contribution < 1.29 is 23.0 Å². The van der Waals surface area contributed by atoms with Gasteiger partial charge in [-0.2, -0.15) is 13.2 Å². The molecule has 6 heteroatoms. The fourth-order valence-electron chi connectivity index (χ4n) is 1.91. The summed E-state index contributed by atoms with van der Waals surface area (Å²) in [7, 11) is 1.50. The van der Waals surface area contributed by atoms with Gasteiger partial charge in [0.05, 0.1) is 18.7 Å². The minimum Gasteiger partial charge on any atom is -0.481 e. The second-order valence-corrected chi connectivity index (χ2v) is 4.48. The lowest BCUT2D eigenvalue weighted by atomic mass is 10.0. The quantitative estimate of drug-likeness (QED) is 0.933. The minimum absolute atomic E-state index is 0.349. The maximum atomic E-state index is 12.1. The van der Waals surface area contributed by atoms with Gasteiger partial charge in [-0.15, -0.1) is 0 Å². The minimum atomic E-state index is -4.26. The zero-order valence-corrected chi connectivity index (χ0v) is 10.8. The second kappa shape index (κ2) is 5.66. The molecule has 0 saturated heterocycles. The first-order valence-electron chi connectivity index (χ1n) is 6.08. The molecular formula is C14H14F3NO2. The third-order valence-corrected chi connectivity index (χ3v) is 2.98. The molecule has 20 heavy (non-hydrogen) atoms. The standard InChI is InChI=1S/C14H14F3NO2/c1-20-13-5-3-9-8-10(2-4-11(9)18-13)12(19)6-7-14(15,16)17/h2-5,8,12,19H,6-7H2,1H3. The Balaban J connectivity index is 2.19. The van der Waals surface area contributed by atoms with Crippen LogP contribution in [0.4, 0.5) is 13.2 Å². The van der Waals surface area contributed by atoms with Crippen LogP contribution in [0.25, 0.3) is 10.9 Å². The van der Waals surface area contributed by atoms with Crippen molar-refractivity contribution in [1.82, 2.24) is 4.98 Å². The third kappa shape index (κ3) is 3.60. The Morgan fingerprint density at radius 1 is 1.25 bits per heavy atom. The number of aliphatic hydroxyl groups is 1. The molecule has 0 spiro atoms. The van der Waals surface area contributed by atoms with E-state index in [0.29, 0.717) is 17.0 Å². The molecule has 1 unspecified atom stereocenters. The molecule has 1 atom stereocenters. The normalized spacial score (nSPS) is 13.4. The van der Waals surface area contributed by atoms with E-state index in [0.717, 1.165) is 5.39 Å². The fourth-order valence-corrected chi connectivity index (χ4v) is 1.91. The molecule has 0 radical (unpaired) electrons. The highest BCUT2D eigenvalue weighted by atomic mass is 19.4. The number of halogens is 3. The molecule has 1 aromatic carbocycles. The van der Waals surface area contributed by atoms with Crippen molar-refractivity contribution in [3.8, 4) is 5.88 Å². The van der Waals surface area contributed by atoms with Gasteiger partial charge < -0.3 is 9.84 Å². The Morgan fingerprint density at radius 3 is 2.65 bits per heavy atom. The summed E-state index contributed by atoms with van der Waals surface area (Å²) in [5, 5.41) is 10.5. The number of nitrogens with zero attached hydrogens (tertiary/aromatic N) is 1. The SMILES string of the molecule is COc1ccc2cc(C(O)CCC(F)(F)F)ccc2n1. The zero-order valence-electron chi connectivity index (χ0n) is 10.8. The predicted molar refractivity (Wildman–Crippen MR) is 68.5 cm³/mol. The summed E-state index contributed by atoms with van der Waals surface area (Å²) in [5.74, 6) is 0.461. The van der Waals surface area contributed by atoms with Crippen molar-refractivity contribution in [2.24, 2.45) is 0 Å².